The Kier molecular flexibility index (Phi) is 7.16. The predicted octanol–water partition coefficient (Wildman–Crippen LogP) is 3.99. The fourth-order valence-corrected chi connectivity index (χ4v) is 1.14. The minimum Gasteiger partial charge on any atom is -0.253 e. The first-order valence-corrected chi connectivity index (χ1v) is 5.54. The summed E-state index contributed by atoms with van der Waals surface area (Å²) < 4.78 is 0. The molecule has 0 atom stereocenters. The van der Waals surface area contributed by atoms with Crippen LogP contribution in [0.5, 0.6) is 0 Å². The van der Waals surface area contributed by atoms with Crippen molar-refractivity contribution in [2.75, 3.05) is 0 Å². The predicted molar refractivity (Wildman–Crippen MR) is 67.0 cm³/mol. The molecule has 82 valence electrons. The lowest BCUT2D eigenvalue weighted by molar-refractivity contribution is 1.27. The van der Waals surface area contributed by atoms with Crippen molar-refractivity contribution in [2.45, 2.75) is 34.6 Å². The van der Waals surface area contributed by atoms with Gasteiger partial charge < -0.3 is 0 Å². The molecule has 0 spiro atoms. The minimum absolute atomic E-state index is 0.965. The highest BCUT2D eigenvalue weighted by atomic mass is 14.8. The van der Waals surface area contributed by atoms with Crippen LogP contribution in [0.3, 0.4) is 0 Å². The largest absolute Gasteiger partial charge is 0.253 e. The third-order valence-electron chi connectivity index (χ3n) is 1.70. The molecule has 0 saturated carbocycles. The van der Waals surface area contributed by atoms with Crippen LogP contribution in [0, 0.1) is 6.92 Å². The standard InChI is InChI=1S/C9H8N2.2C2H6/c1-7-3-2-4-8-9(7)11-6-5-10-8;2*1-2/h2-6H,1H3;2*1-2H3. The summed E-state index contributed by atoms with van der Waals surface area (Å²) in [6.45, 7) is 10.0. The number of benzene rings is 1. The molecule has 0 N–H and O–H groups in total. The zero-order valence-electron chi connectivity index (χ0n) is 10.3. The molecule has 1 aromatic carbocycles. The second-order valence-electron chi connectivity index (χ2n) is 2.50. The zero-order chi connectivity index (χ0) is 11.7. The summed E-state index contributed by atoms with van der Waals surface area (Å²) in [4.78, 5) is 8.40. The van der Waals surface area contributed by atoms with Crippen LogP contribution in [0.4, 0.5) is 0 Å². The number of hydrogen-bond acceptors (Lipinski definition) is 2. The number of aromatic nitrogens is 2. The molecule has 2 heteroatoms. The lowest BCUT2D eigenvalue weighted by Gasteiger charge is -1.96. The molecule has 0 fully saturated rings. The highest BCUT2D eigenvalue weighted by Gasteiger charge is 1.95. The summed E-state index contributed by atoms with van der Waals surface area (Å²) in [5.41, 5.74) is 3.14. The zero-order valence-corrected chi connectivity index (χ0v) is 10.3. The van der Waals surface area contributed by atoms with E-state index in [9.17, 15) is 0 Å². The van der Waals surface area contributed by atoms with Crippen LogP contribution < -0.4 is 0 Å². The summed E-state index contributed by atoms with van der Waals surface area (Å²) in [7, 11) is 0. The van der Waals surface area contributed by atoms with Crippen molar-refractivity contribution in [1.29, 1.82) is 0 Å². The smallest absolute Gasteiger partial charge is 0.0915 e. The Balaban J connectivity index is 0.000000442. The van der Waals surface area contributed by atoms with E-state index >= 15 is 0 Å². The molecule has 0 aliphatic heterocycles. The van der Waals surface area contributed by atoms with Gasteiger partial charge in [0.05, 0.1) is 11.0 Å². The van der Waals surface area contributed by atoms with E-state index in [4.69, 9.17) is 0 Å². The Morgan fingerprint density at radius 2 is 1.47 bits per heavy atom. The molecule has 2 nitrogen and oxygen atoms in total. The molecule has 0 bridgehead atoms. The third-order valence-corrected chi connectivity index (χ3v) is 1.70. The van der Waals surface area contributed by atoms with E-state index in [-0.39, 0.29) is 0 Å². The van der Waals surface area contributed by atoms with E-state index in [1.165, 1.54) is 5.56 Å². The normalized spacial score (nSPS) is 8.33. The quantitative estimate of drug-likeness (QED) is 0.648. The molecule has 2 rings (SSSR count). The fraction of sp³-hybridized carbons (Fsp3) is 0.385. The Hall–Kier alpha value is -1.44. The number of aryl methyl sites for hydroxylation is 1. The Morgan fingerprint density at radius 1 is 0.867 bits per heavy atom. The number of para-hydroxylation sites is 1. The summed E-state index contributed by atoms with van der Waals surface area (Å²) in [6, 6.07) is 6.00. The number of fused-ring (bicyclic) bond motifs is 1. The van der Waals surface area contributed by atoms with Crippen molar-refractivity contribution in [1.82, 2.24) is 9.97 Å². The van der Waals surface area contributed by atoms with Crippen molar-refractivity contribution in [3.63, 3.8) is 0 Å². The first-order valence-electron chi connectivity index (χ1n) is 5.54. The van der Waals surface area contributed by atoms with E-state index in [0.717, 1.165) is 11.0 Å². The summed E-state index contributed by atoms with van der Waals surface area (Å²) >= 11 is 0. The monoisotopic (exact) mass is 204 g/mol. The van der Waals surface area contributed by atoms with Crippen LogP contribution in [-0.4, -0.2) is 9.97 Å². The van der Waals surface area contributed by atoms with E-state index in [1.807, 2.05) is 52.8 Å². The van der Waals surface area contributed by atoms with Gasteiger partial charge in [0.1, 0.15) is 0 Å². The van der Waals surface area contributed by atoms with Gasteiger partial charge in [-0.05, 0) is 18.6 Å². The van der Waals surface area contributed by atoms with Crippen LogP contribution in [0.15, 0.2) is 30.6 Å². The van der Waals surface area contributed by atoms with Crippen molar-refractivity contribution >= 4 is 11.0 Å². The molecule has 15 heavy (non-hydrogen) atoms. The summed E-state index contributed by atoms with van der Waals surface area (Å²) in [5.74, 6) is 0. The first kappa shape index (κ1) is 13.6. The van der Waals surface area contributed by atoms with Gasteiger partial charge in [-0.25, -0.2) is 0 Å². The third kappa shape index (κ3) is 3.66. The number of hydrogen-bond donors (Lipinski definition) is 0. The maximum atomic E-state index is 4.22. The second kappa shape index (κ2) is 7.92. The van der Waals surface area contributed by atoms with Crippen LogP contribution >= 0.6 is 0 Å². The lowest BCUT2D eigenvalue weighted by Crippen LogP contribution is -1.83. The maximum absolute atomic E-state index is 4.22. The molecule has 0 unspecified atom stereocenters. The topological polar surface area (TPSA) is 25.8 Å². The SMILES string of the molecule is CC.CC.Cc1cccc2nccnc12. The van der Waals surface area contributed by atoms with Gasteiger partial charge in [-0.15, -0.1) is 0 Å². The van der Waals surface area contributed by atoms with E-state index in [0.29, 0.717) is 0 Å². The Bertz CT molecular complexity index is 378. The lowest BCUT2D eigenvalue weighted by atomic mass is 10.2. The molecule has 1 heterocycles. The highest BCUT2D eigenvalue weighted by molar-refractivity contribution is 5.76. The fourth-order valence-electron chi connectivity index (χ4n) is 1.14. The van der Waals surface area contributed by atoms with E-state index in [1.54, 1.807) is 12.4 Å². The van der Waals surface area contributed by atoms with Gasteiger partial charge >= 0.3 is 0 Å². The van der Waals surface area contributed by atoms with E-state index < -0.39 is 0 Å². The second-order valence-corrected chi connectivity index (χ2v) is 2.50. The highest BCUT2D eigenvalue weighted by Crippen LogP contribution is 2.11. The summed E-state index contributed by atoms with van der Waals surface area (Å²) in [5, 5.41) is 0. The van der Waals surface area contributed by atoms with Crippen molar-refractivity contribution in [3.05, 3.63) is 36.2 Å². The van der Waals surface area contributed by atoms with Gasteiger partial charge in [0.25, 0.3) is 0 Å². The molecule has 0 radical (unpaired) electrons. The minimum atomic E-state index is 0.965. The molecule has 0 amide bonds. The van der Waals surface area contributed by atoms with Crippen molar-refractivity contribution in [2.24, 2.45) is 0 Å². The van der Waals surface area contributed by atoms with Crippen LogP contribution in [0.1, 0.15) is 33.3 Å². The van der Waals surface area contributed by atoms with Gasteiger partial charge in [-0.1, -0.05) is 39.8 Å². The summed E-state index contributed by atoms with van der Waals surface area (Å²) in [6.07, 6.45) is 3.43. The van der Waals surface area contributed by atoms with E-state index in [2.05, 4.69) is 9.97 Å². The number of nitrogens with zero attached hydrogens (tertiary/aromatic N) is 2. The van der Waals surface area contributed by atoms with Crippen molar-refractivity contribution in [3.8, 4) is 0 Å². The van der Waals surface area contributed by atoms with Crippen molar-refractivity contribution < 1.29 is 0 Å². The van der Waals surface area contributed by atoms with Gasteiger partial charge in [0.2, 0.25) is 0 Å². The first-order chi connectivity index (χ1) is 7.38. The van der Waals surface area contributed by atoms with Crippen LogP contribution in [-0.2, 0) is 0 Å². The van der Waals surface area contributed by atoms with Gasteiger partial charge in [0.15, 0.2) is 0 Å². The molecule has 0 saturated heterocycles. The van der Waals surface area contributed by atoms with Crippen LogP contribution in [0.2, 0.25) is 0 Å². The molecule has 1 aromatic heterocycles. The molecule has 0 aliphatic rings. The van der Waals surface area contributed by atoms with Crippen LogP contribution in [0.25, 0.3) is 11.0 Å². The Morgan fingerprint density at radius 3 is 2.07 bits per heavy atom. The van der Waals surface area contributed by atoms with Gasteiger partial charge in [-0.3, -0.25) is 9.97 Å². The maximum Gasteiger partial charge on any atom is 0.0915 e. The Labute approximate surface area is 92.4 Å². The van der Waals surface area contributed by atoms with Gasteiger partial charge in [0, 0.05) is 12.4 Å². The molecule has 2 aromatic rings. The van der Waals surface area contributed by atoms with Gasteiger partial charge in [-0.2, -0.15) is 0 Å². The molecular formula is C13H20N2. The average Bonchev–Trinajstić information content (AvgIpc) is 2.35. The number of rotatable bonds is 0. The molecule has 0 aliphatic carbocycles. The average molecular weight is 204 g/mol. The molecular weight excluding hydrogens is 184 g/mol.